The minimum atomic E-state index is 0.510. The lowest BCUT2D eigenvalue weighted by molar-refractivity contribution is 0.344. The standard InChI is InChI=1S/C12H19N/c1-5-11(3)13(4)12-8-6-10(2)7-9-12/h6-8,12H,3,5,9H2,1-2,4H3. The second kappa shape index (κ2) is 4.31. The highest BCUT2D eigenvalue weighted by Crippen LogP contribution is 2.18. The first kappa shape index (κ1) is 10.1. The van der Waals surface area contributed by atoms with Gasteiger partial charge in [0.15, 0.2) is 0 Å². The Balaban J connectivity index is 2.56. The van der Waals surface area contributed by atoms with Crippen LogP contribution in [0.25, 0.3) is 0 Å². The van der Waals surface area contributed by atoms with Gasteiger partial charge in [0.25, 0.3) is 0 Å². The van der Waals surface area contributed by atoms with E-state index in [0.29, 0.717) is 6.04 Å². The second-order valence-electron chi connectivity index (χ2n) is 3.64. The van der Waals surface area contributed by atoms with Crippen LogP contribution < -0.4 is 0 Å². The van der Waals surface area contributed by atoms with Gasteiger partial charge in [0, 0.05) is 12.7 Å². The molecule has 0 spiro atoms. The molecular weight excluding hydrogens is 158 g/mol. The van der Waals surface area contributed by atoms with Crippen molar-refractivity contribution in [3.63, 3.8) is 0 Å². The van der Waals surface area contributed by atoms with Crippen LogP contribution in [0.5, 0.6) is 0 Å². The molecule has 0 saturated heterocycles. The van der Waals surface area contributed by atoms with E-state index < -0.39 is 0 Å². The van der Waals surface area contributed by atoms with Crippen LogP contribution in [0.15, 0.2) is 36.1 Å². The van der Waals surface area contributed by atoms with Gasteiger partial charge in [-0.25, -0.2) is 0 Å². The third kappa shape index (κ3) is 2.48. The predicted octanol–water partition coefficient (Wildman–Crippen LogP) is 3.12. The maximum Gasteiger partial charge on any atom is 0.0504 e. The minimum Gasteiger partial charge on any atom is -0.372 e. The molecule has 0 saturated carbocycles. The van der Waals surface area contributed by atoms with Crippen LogP contribution in [0.4, 0.5) is 0 Å². The van der Waals surface area contributed by atoms with E-state index in [0.717, 1.165) is 12.8 Å². The zero-order valence-corrected chi connectivity index (χ0v) is 8.88. The molecule has 1 aliphatic rings. The molecule has 13 heavy (non-hydrogen) atoms. The predicted molar refractivity (Wildman–Crippen MR) is 58.5 cm³/mol. The molecule has 0 fully saturated rings. The van der Waals surface area contributed by atoms with Gasteiger partial charge in [0.2, 0.25) is 0 Å². The number of nitrogens with zero attached hydrogens (tertiary/aromatic N) is 1. The third-order valence-electron chi connectivity index (χ3n) is 2.67. The molecule has 0 bridgehead atoms. The Hall–Kier alpha value is -0.980. The molecule has 1 rings (SSSR count). The van der Waals surface area contributed by atoms with E-state index >= 15 is 0 Å². The molecule has 0 heterocycles. The zero-order valence-electron chi connectivity index (χ0n) is 8.88. The summed E-state index contributed by atoms with van der Waals surface area (Å²) in [6, 6.07) is 0.510. The van der Waals surface area contributed by atoms with Crippen molar-refractivity contribution >= 4 is 0 Å². The highest BCUT2D eigenvalue weighted by molar-refractivity contribution is 5.24. The SMILES string of the molecule is C=C(CC)N(C)C1C=CC(C)=CC1. The average molecular weight is 177 g/mol. The summed E-state index contributed by atoms with van der Waals surface area (Å²) >= 11 is 0. The topological polar surface area (TPSA) is 3.24 Å². The molecule has 0 aromatic carbocycles. The van der Waals surface area contributed by atoms with Crippen LogP contribution in [0.3, 0.4) is 0 Å². The fourth-order valence-corrected chi connectivity index (χ4v) is 1.49. The van der Waals surface area contributed by atoms with E-state index in [1.165, 1.54) is 11.3 Å². The van der Waals surface area contributed by atoms with Gasteiger partial charge >= 0.3 is 0 Å². The number of allylic oxidation sites excluding steroid dienone is 3. The van der Waals surface area contributed by atoms with Crippen LogP contribution in [0, 0.1) is 0 Å². The van der Waals surface area contributed by atoms with Crippen molar-refractivity contribution in [1.29, 1.82) is 0 Å². The molecule has 0 radical (unpaired) electrons. The van der Waals surface area contributed by atoms with Crippen molar-refractivity contribution in [2.45, 2.75) is 32.7 Å². The Morgan fingerprint density at radius 2 is 2.38 bits per heavy atom. The first-order chi connectivity index (χ1) is 6.15. The summed E-state index contributed by atoms with van der Waals surface area (Å²) in [5, 5.41) is 0. The molecule has 0 aliphatic heterocycles. The van der Waals surface area contributed by atoms with Gasteiger partial charge in [0.1, 0.15) is 0 Å². The van der Waals surface area contributed by atoms with Gasteiger partial charge in [-0.2, -0.15) is 0 Å². The normalized spacial score (nSPS) is 21.2. The van der Waals surface area contributed by atoms with Gasteiger partial charge in [-0.15, -0.1) is 0 Å². The lowest BCUT2D eigenvalue weighted by Crippen LogP contribution is -2.29. The van der Waals surface area contributed by atoms with Gasteiger partial charge in [-0.3, -0.25) is 0 Å². The van der Waals surface area contributed by atoms with Crippen molar-refractivity contribution in [3.8, 4) is 0 Å². The Bertz CT molecular complexity index is 248. The monoisotopic (exact) mass is 177 g/mol. The molecule has 72 valence electrons. The Labute approximate surface area is 81.4 Å². The molecule has 0 N–H and O–H groups in total. The van der Waals surface area contributed by atoms with Crippen molar-refractivity contribution in [2.24, 2.45) is 0 Å². The molecule has 0 aromatic heterocycles. The summed E-state index contributed by atoms with van der Waals surface area (Å²) in [5.41, 5.74) is 2.58. The Morgan fingerprint density at radius 1 is 1.69 bits per heavy atom. The Morgan fingerprint density at radius 3 is 2.85 bits per heavy atom. The minimum absolute atomic E-state index is 0.510. The summed E-state index contributed by atoms with van der Waals surface area (Å²) < 4.78 is 0. The van der Waals surface area contributed by atoms with Crippen molar-refractivity contribution in [1.82, 2.24) is 4.90 Å². The van der Waals surface area contributed by atoms with E-state index in [-0.39, 0.29) is 0 Å². The first-order valence-electron chi connectivity index (χ1n) is 4.90. The average Bonchev–Trinajstić information content (AvgIpc) is 2.17. The molecule has 1 aliphatic carbocycles. The summed E-state index contributed by atoms with van der Waals surface area (Å²) in [5.74, 6) is 0. The summed E-state index contributed by atoms with van der Waals surface area (Å²) in [6.45, 7) is 8.32. The van der Waals surface area contributed by atoms with Crippen LogP contribution in [0.2, 0.25) is 0 Å². The second-order valence-corrected chi connectivity index (χ2v) is 3.64. The highest BCUT2D eigenvalue weighted by Gasteiger charge is 2.12. The fraction of sp³-hybridized carbons (Fsp3) is 0.500. The van der Waals surface area contributed by atoms with Crippen molar-refractivity contribution in [3.05, 3.63) is 36.1 Å². The lowest BCUT2D eigenvalue weighted by Gasteiger charge is -2.29. The van der Waals surface area contributed by atoms with Gasteiger partial charge < -0.3 is 4.90 Å². The molecular formula is C12H19N. The smallest absolute Gasteiger partial charge is 0.0504 e. The van der Waals surface area contributed by atoms with Crippen LogP contribution >= 0.6 is 0 Å². The molecule has 0 aromatic rings. The highest BCUT2D eigenvalue weighted by atomic mass is 15.1. The first-order valence-corrected chi connectivity index (χ1v) is 4.90. The number of rotatable bonds is 3. The molecule has 1 nitrogen and oxygen atoms in total. The van der Waals surface area contributed by atoms with Gasteiger partial charge in [-0.1, -0.05) is 37.3 Å². The van der Waals surface area contributed by atoms with E-state index in [9.17, 15) is 0 Å². The van der Waals surface area contributed by atoms with Crippen LogP contribution in [-0.2, 0) is 0 Å². The maximum absolute atomic E-state index is 4.04. The van der Waals surface area contributed by atoms with E-state index in [4.69, 9.17) is 0 Å². The summed E-state index contributed by atoms with van der Waals surface area (Å²) in [6.07, 6.45) is 8.87. The van der Waals surface area contributed by atoms with Crippen LogP contribution in [0.1, 0.15) is 26.7 Å². The quantitative estimate of drug-likeness (QED) is 0.640. The van der Waals surface area contributed by atoms with Crippen molar-refractivity contribution < 1.29 is 0 Å². The molecule has 1 heteroatoms. The van der Waals surface area contributed by atoms with Gasteiger partial charge in [0.05, 0.1) is 6.04 Å². The van der Waals surface area contributed by atoms with E-state index in [1.807, 2.05) is 0 Å². The lowest BCUT2D eigenvalue weighted by atomic mass is 10.0. The summed E-state index contributed by atoms with van der Waals surface area (Å²) in [7, 11) is 2.12. The largest absolute Gasteiger partial charge is 0.372 e. The van der Waals surface area contributed by atoms with Gasteiger partial charge in [-0.05, 0) is 19.8 Å². The van der Waals surface area contributed by atoms with E-state index in [1.54, 1.807) is 0 Å². The third-order valence-corrected chi connectivity index (χ3v) is 2.67. The van der Waals surface area contributed by atoms with Crippen molar-refractivity contribution in [2.75, 3.05) is 7.05 Å². The maximum atomic E-state index is 4.04. The molecule has 0 amide bonds. The fourth-order valence-electron chi connectivity index (χ4n) is 1.49. The number of likely N-dealkylation sites (N-methyl/N-ethyl adjacent to an activating group) is 1. The summed E-state index contributed by atoms with van der Waals surface area (Å²) in [4.78, 5) is 2.26. The number of hydrogen-bond donors (Lipinski definition) is 0. The molecule has 1 atom stereocenters. The number of hydrogen-bond acceptors (Lipinski definition) is 1. The molecule has 1 unspecified atom stereocenters. The zero-order chi connectivity index (χ0) is 9.84. The Kier molecular flexibility index (Phi) is 3.35. The van der Waals surface area contributed by atoms with E-state index in [2.05, 4.69) is 50.6 Å². The van der Waals surface area contributed by atoms with Crippen LogP contribution in [-0.4, -0.2) is 18.0 Å².